The number of carbonyl (C=O) groups is 1. The number of rotatable bonds is 5. The van der Waals surface area contributed by atoms with Gasteiger partial charge in [-0.2, -0.15) is 0 Å². The summed E-state index contributed by atoms with van der Waals surface area (Å²) >= 11 is 0. The Hall–Kier alpha value is -4.39. The lowest BCUT2D eigenvalue weighted by atomic mass is 10.1. The molecule has 168 valence electrons. The monoisotopic (exact) mass is 451 g/mol. The van der Waals surface area contributed by atoms with Gasteiger partial charge in [-0.3, -0.25) is 14.2 Å². The number of hydrogen-bond acceptors (Lipinski definition) is 5. The quantitative estimate of drug-likeness (QED) is 0.410. The Morgan fingerprint density at radius 1 is 1.03 bits per heavy atom. The van der Waals surface area contributed by atoms with Crippen molar-refractivity contribution >= 4 is 33.3 Å². The molecule has 0 fully saturated rings. The van der Waals surface area contributed by atoms with E-state index in [1.165, 1.54) is 0 Å². The number of nitrogens with one attached hydrogen (secondary N) is 1. The van der Waals surface area contributed by atoms with Gasteiger partial charge in [0.2, 0.25) is 0 Å². The molecule has 7 heteroatoms. The predicted molar refractivity (Wildman–Crippen MR) is 129 cm³/mol. The van der Waals surface area contributed by atoms with Crippen molar-refractivity contribution in [2.24, 2.45) is 0 Å². The molecule has 6 rings (SSSR count). The standard InChI is InChI=1S/C27H21N3O4/c31-26(28-19-8-11-23-22(15-19)27(32)30-13-3-6-25(30)29-23)24-12-10-21(34-24)16-33-20-9-7-17-4-1-2-5-18(17)14-20/h1-2,4-5,7-12,14-15H,3,6,13,16H2,(H,28,31). The molecule has 3 heterocycles. The van der Waals surface area contributed by atoms with Gasteiger partial charge in [0.1, 0.15) is 23.9 Å². The molecular weight excluding hydrogens is 430 g/mol. The van der Waals surface area contributed by atoms with Crippen LogP contribution in [0.25, 0.3) is 21.7 Å². The van der Waals surface area contributed by atoms with Crippen molar-refractivity contribution in [3.63, 3.8) is 0 Å². The highest BCUT2D eigenvalue weighted by molar-refractivity contribution is 6.03. The van der Waals surface area contributed by atoms with Gasteiger partial charge in [-0.1, -0.05) is 30.3 Å². The summed E-state index contributed by atoms with van der Waals surface area (Å²) in [6.07, 6.45) is 1.74. The molecule has 1 amide bonds. The zero-order valence-corrected chi connectivity index (χ0v) is 18.3. The van der Waals surface area contributed by atoms with Crippen molar-refractivity contribution in [3.8, 4) is 5.75 Å². The molecule has 0 saturated carbocycles. The van der Waals surface area contributed by atoms with Gasteiger partial charge >= 0.3 is 0 Å². The summed E-state index contributed by atoms with van der Waals surface area (Å²) in [7, 11) is 0. The Balaban J connectivity index is 1.15. The Morgan fingerprint density at radius 2 is 1.91 bits per heavy atom. The number of anilines is 1. The first-order valence-electron chi connectivity index (χ1n) is 11.2. The second-order valence-corrected chi connectivity index (χ2v) is 8.34. The summed E-state index contributed by atoms with van der Waals surface area (Å²) in [6, 6.07) is 22.4. The molecule has 0 spiro atoms. The molecule has 5 aromatic rings. The first-order valence-corrected chi connectivity index (χ1v) is 11.2. The fourth-order valence-corrected chi connectivity index (χ4v) is 4.34. The van der Waals surface area contributed by atoms with Crippen LogP contribution in [0.1, 0.15) is 28.6 Å². The summed E-state index contributed by atoms with van der Waals surface area (Å²) in [5.41, 5.74) is 1.09. The molecule has 1 N–H and O–H groups in total. The molecule has 2 aromatic heterocycles. The zero-order chi connectivity index (χ0) is 23.1. The molecule has 0 bridgehead atoms. The molecule has 3 aromatic carbocycles. The van der Waals surface area contributed by atoms with Crippen molar-refractivity contribution in [1.82, 2.24) is 9.55 Å². The van der Waals surface area contributed by atoms with Crippen LogP contribution in [-0.2, 0) is 19.6 Å². The molecule has 1 aliphatic rings. The van der Waals surface area contributed by atoms with Gasteiger partial charge in [0.15, 0.2) is 5.76 Å². The SMILES string of the molecule is O=C(Nc1ccc2nc3n(c(=O)c2c1)CCC3)c1ccc(COc2ccc3ccccc3c2)o1. The normalized spacial score (nSPS) is 12.7. The average molecular weight is 451 g/mol. The third-order valence-electron chi connectivity index (χ3n) is 6.06. The smallest absolute Gasteiger partial charge is 0.291 e. The summed E-state index contributed by atoms with van der Waals surface area (Å²) in [4.78, 5) is 30.1. The van der Waals surface area contributed by atoms with Crippen molar-refractivity contribution in [3.05, 3.63) is 100 Å². The van der Waals surface area contributed by atoms with E-state index in [0.29, 0.717) is 28.9 Å². The van der Waals surface area contributed by atoms with Crippen molar-refractivity contribution in [1.29, 1.82) is 0 Å². The Labute approximate surface area is 194 Å². The van der Waals surface area contributed by atoms with E-state index in [2.05, 4.69) is 10.3 Å². The van der Waals surface area contributed by atoms with E-state index in [0.717, 1.165) is 35.2 Å². The number of aryl methyl sites for hydroxylation is 1. The van der Waals surface area contributed by atoms with Gasteiger partial charge in [0.05, 0.1) is 10.9 Å². The van der Waals surface area contributed by atoms with E-state index in [9.17, 15) is 9.59 Å². The number of nitrogens with zero attached hydrogens (tertiary/aromatic N) is 2. The third kappa shape index (κ3) is 3.71. The second kappa shape index (κ2) is 8.19. The fraction of sp³-hybridized carbons (Fsp3) is 0.148. The van der Waals surface area contributed by atoms with E-state index >= 15 is 0 Å². The molecular formula is C27H21N3O4. The molecule has 0 atom stereocenters. The van der Waals surface area contributed by atoms with E-state index in [1.54, 1.807) is 34.9 Å². The van der Waals surface area contributed by atoms with Gasteiger partial charge in [-0.25, -0.2) is 4.98 Å². The Kier molecular flexibility index (Phi) is 4.87. The molecule has 0 radical (unpaired) electrons. The number of fused-ring (bicyclic) bond motifs is 3. The first kappa shape index (κ1) is 20.2. The zero-order valence-electron chi connectivity index (χ0n) is 18.3. The lowest BCUT2D eigenvalue weighted by Gasteiger charge is -2.08. The lowest BCUT2D eigenvalue weighted by Crippen LogP contribution is -2.21. The first-order chi connectivity index (χ1) is 16.6. The molecule has 1 aliphatic heterocycles. The third-order valence-corrected chi connectivity index (χ3v) is 6.06. The lowest BCUT2D eigenvalue weighted by molar-refractivity contribution is 0.0992. The molecule has 0 unspecified atom stereocenters. The summed E-state index contributed by atoms with van der Waals surface area (Å²) in [5.74, 6) is 1.85. The van der Waals surface area contributed by atoms with E-state index in [-0.39, 0.29) is 17.9 Å². The van der Waals surface area contributed by atoms with E-state index < -0.39 is 5.91 Å². The van der Waals surface area contributed by atoms with Crippen LogP contribution in [0.5, 0.6) is 5.75 Å². The van der Waals surface area contributed by atoms with Crippen LogP contribution >= 0.6 is 0 Å². The molecule has 34 heavy (non-hydrogen) atoms. The predicted octanol–water partition coefficient (Wildman–Crippen LogP) is 4.92. The Morgan fingerprint density at radius 3 is 2.82 bits per heavy atom. The number of carbonyl (C=O) groups excluding carboxylic acids is 1. The minimum atomic E-state index is -0.398. The van der Waals surface area contributed by atoms with Gasteiger partial charge in [0.25, 0.3) is 11.5 Å². The number of ether oxygens (including phenoxy) is 1. The maximum absolute atomic E-state index is 12.8. The summed E-state index contributed by atoms with van der Waals surface area (Å²) in [6.45, 7) is 0.888. The van der Waals surface area contributed by atoms with Crippen molar-refractivity contribution in [2.75, 3.05) is 5.32 Å². The highest BCUT2D eigenvalue weighted by Crippen LogP contribution is 2.23. The van der Waals surface area contributed by atoms with Gasteiger partial charge in [0, 0.05) is 18.7 Å². The van der Waals surface area contributed by atoms with Crippen LogP contribution in [0.2, 0.25) is 0 Å². The van der Waals surface area contributed by atoms with Crippen LogP contribution in [0, 0.1) is 0 Å². The summed E-state index contributed by atoms with van der Waals surface area (Å²) < 4.78 is 13.2. The maximum Gasteiger partial charge on any atom is 0.291 e. The topological polar surface area (TPSA) is 86.4 Å². The number of hydrogen-bond donors (Lipinski definition) is 1. The van der Waals surface area contributed by atoms with E-state index in [4.69, 9.17) is 9.15 Å². The maximum atomic E-state index is 12.8. The second-order valence-electron chi connectivity index (χ2n) is 8.34. The van der Waals surface area contributed by atoms with Crippen LogP contribution in [0.3, 0.4) is 0 Å². The largest absolute Gasteiger partial charge is 0.486 e. The van der Waals surface area contributed by atoms with Crippen LogP contribution in [0.15, 0.2) is 82.0 Å². The van der Waals surface area contributed by atoms with Gasteiger partial charge in [-0.05, 0) is 59.7 Å². The number of furan rings is 1. The average Bonchev–Trinajstić information content (AvgIpc) is 3.53. The highest BCUT2D eigenvalue weighted by atomic mass is 16.5. The van der Waals surface area contributed by atoms with Gasteiger partial charge in [-0.15, -0.1) is 0 Å². The van der Waals surface area contributed by atoms with Crippen LogP contribution in [0.4, 0.5) is 5.69 Å². The minimum absolute atomic E-state index is 0.0697. The minimum Gasteiger partial charge on any atom is -0.486 e. The molecule has 0 aliphatic carbocycles. The number of benzene rings is 3. The fourth-order valence-electron chi connectivity index (χ4n) is 4.34. The Bertz CT molecular complexity index is 1620. The van der Waals surface area contributed by atoms with Gasteiger partial charge < -0.3 is 14.5 Å². The van der Waals surface area contributed by atoms with E-state index in [1.807, 2.05) is 42.5 Å². The number of amides is 1. The van der Waals surface area contributed by atoms with Crippen LogP contribution < -0.4 is 15.6 Å². The molecule has 0 saturated heterocycles. The van der Waals surface area contributed by atoms with Crippen LogP contribution in [-0.4, -0.2) is 15.5 Å². The number of aromatic nitrogens is 2. The molecule has 7 nitrogen and oxygen atoms in total. The van der Waals surface area contributed by atoms with Crippen molar-refractivity contribution in [2.45, 2.75) is 26.0 Å². The highest BCUT2D eigenvalue weighted by Gasteiger charge is 2.17. The summed E-state index contributed by atoms with van der Waals surface area (Å²) in [5, 5.41) is 5.53. The van der Waals surface area contributed by atoms with Crippen molar-refractivity contribution < 1.29 is 13.9 Å².